The maximum atomic E-state index is 11.9. The summed E-state index contributed by atoms with van der Waals surface area (Å²) in [7, 11) is 0. The van der Waals surface area contributed by atoms with Crippen LogP contribution in [0.4, 0.5) is 11.6 Å². The fourth-order valence-electron chi connectivity index (χ4n) is 2.61. The van der Waals surface area contributed by atoms with Gasteiger partial charge in [-0.3, -0.25) is 9.78 Å². The zero-order chi connectivity index (χ0) is 13.5. The third-order valence-electron chi connectivity index (χ3n) is 3.58. The molecule has 1 aromatic heterocycles. The van der Waals surface area contributed by atoms with Crippen molar-refractivity contribution in [2.75, 3.05) is 12.1 Å². The molecule has 2 N–H and O–H groups in total. The number of aryl methyl sites for hydroxylation is 1. The third-order valence-corrected chi connectivity index (χ3v) is 3.58. The predicted molar refractivity (Wildman–Crippen MR) is 72.7 cm³/mol. The van der Waals surface area contributed by atoms with E-state index < -0.39 is 0 Å². The second-order valence-electron chi connectivity index (χ2n) is 4.89. The molecule has 0 fully saturated rings. The summed E-state index contributed by atoms with van der Waals surface area (Å²) in [5, 5.41) is 3.10. The number of fused-ring (bicyclic) bond motifs is 2. The lowest BCUT2D eigenvalue weighted by Crippen LogP contribution is -2.16. The first-order chi connectivity index (χ1) is 9.79. The van der Waals surface area contributed by atoms with E-state index in [2.05, 4.69) is 15.3 Å². The van der Waals surface area contributed by atoms with Crippen LogP contribution in [0.2, 0.25) is 0 Å². The number of aromatic amines is 1. The number of aromatic nitrogens is 2. The van der Waals surface area contributed by atoms with Crippen LogP contribution >= 0.6 is 0 Å². The van der Waals surface area contributed by atoms with E-state index in [1.54, 1.807) is 0 Å². The van der Waals surface area contributed by atoms with E-state index in [4.69, 9.17) is 9.47 Å². The van der Waals surface area contributed by atoms with Crippen LogP contribution in [0.25, 0.3) is 0 Å². The molecule has 0 bridgehead atoms. The molecule has 4 rings (SSSR count). The Morgan fingerprint density at radius 3 is 3.05 bits per heavy atom. The number of nitrogens with zero attached hydrogens (tertiary/aromatic N) is 1. The molecule has 2 heterocycles. The van der Waals surface area contributed by atoms with Crippen LogP contribution in [0.5, 0.6) is 11.5 Å². The van der Waals surface area contributed by atoms with E-state index in [0.29, 0.717) is 11.7 Å². The number of anilines is 2. The van der Waals surface area contributed by atoms with Gasteiger partial charge in [-0.05, 0) is 31.4 Å². The van der Waals surface area contributed by atoms with Crippen LogP contribution < -0.4 is 20.3 Å². The van der Waals surface area contributed by atoms with Crippen molar-refractivity contribution in [1.29, 1.82) is 0 Å². The first kappa shape index (κ1) is 11.3. The van der Waals surface area contributed by atoms with Gasteiger partial charge in [0.2, 0.25) is 12.7 Å². The molecular weight excluding hydrogens is 258 g/mol. The first-order valence-electron chi connectivity index (χ1n) is 6.58. The number of hydrogen-bond donors (Lipinski definition) is 2. The molecule has 6 heteroatoms. The van der Waals surface area contributed by atoms with Gasteiger partial charge >= 0.3 is 0 Å². The average molecular weight is 271 g/mol. The van der Waals surface area contributed by atoms with Crippen molar-refractivity contribution in [1.82, 2.24) is 9.97 Å². The minimum absolute atomic E-state index is 0.0456. The van der Waals surface area contributed by atoms with Gasteiger partial charge in [0, 0.05) is 17.3 Å². The Labute approximate surface area is 114 Å². The van der Waals surface area contributed by atoms with Gasteiger partial charge in [-0.2, -0.15) is 0 Å². The zero-order valence-electron chi connectivity index (χ0n) is 10.7. The number of ether oxygens (including phenoxy) is 2. The maximum Gasteiger partial charge on any atom is 0.255 e. The molecule has 2 aliphatic rings. The first-order valence-corrected chi connectivity index (χ1v) is 6.58. The summed E-state index contributed by atoms with van der Waals surface area (Å²) in [6.45, 7) is 0.243. The Bertz CT molecular complexity index is 739. The molecule has 6 nitrogen and oxygen atoms in total. The van der Waals surface area contributed by atoms with Crippen LogP contribution in [0.15, 0.2) is 23.0 Å². The zero-order valence-corrected chi connectivity index (χ0v) is 10.7. The maximum absolute atomic E-state index is 11.9. The highest BCUT2D eigenvalue weighted by Crippen LogP contribution is 2.34. The minimum Gasteiger partial charge on any atom is -0.454 e. The lowest BCUT2D eigenvalue weighted by molar-refractivity contribution is 0.174. The van der Waals surface area contributed by atoms with E-state index in [-0.39, 0.29) is 12.4 Å². The molecule has 0 atom stereocenters. The molecule has 0 spiro atoms. The normalized spacial score (nSPS) is 15.2. The Balaban J connectivity index is 1.66. The summed E-state index contributed by atoms with van der Waals surface area (Å²) >= 11 is 0. The van der Waals surface area contributed by atoms with Crippen LogP contribution in [0.3, 0.4) is 0 Å². The quantitative estimate of drug-likeness (QED) is 0.870. The third kappa shape index (κ3) is 1.80. The van der Waals surface area contributed by atoms with Crippen LogP contribution in [-0.2, 0) is 12.8 Å². The number of rotatable bonds is 2. The summed E-state index contributed by atoms with van der Waals surface area (Å²) in [6, 6.07) is 5.52. The number of hydrogen-bond acceptors (Lipinski definition) is 5. The summed E-state index contributed by atoms with van der Waals surface area (Å²) in [5.74, 6) is 1.89. The Hall–Kier alpha value is -2.50. The van der Waals surface area contributed by atoms with Crippen LogP contribution in [-0.4, -0.2) is 16.8 Å². The van der Waals surface area contributed by atoms with Crippen molar-refractivity contribution < 1.29 is 9.47 Å². The van der Waals surface area contributed by atoms with E-state index >= 15 is 0 Å². The van der Waals surface area contributed by atoms with Crippen molar-refractivity contribution in [2.45, 2.75) is 19.3 Å². The molecule has 0 unspecified atom stereocenters. The lowest BCUT2D eigenvalue weighted by atomic mass is 10.2. The highest BCUT2D eigenvalue weighted by atomic mass is 16.7. The Morgan fingerprint density at radius 2 is 2.10 bits per heavy atom. The van der Waals surface area contributed by atoms with Gasteiger partial charge in [0.05, 0.1) is 5.69 Å². The Morgan fingerprint density at radius 1 is 1.20 bits per heavy atom. The second kappa shape index (κ2) is 4.26. The van der Waals surface area contributed by atoms with E-state index in [0.717, 1.165) is 42.0 Å². The number of nitrogens with one attached hydrogen (secondary N) is 2. The predicted octanol–water partition coefficient (Wildman–Crippen LogP) is 1.73. The van der Waals surface area contributed by atoms with Gasteiger partial charge in [-0.25, -0.2) is 4.98 Å². The molecule has 2 aromatic rings. The molecular formula is C14H13N3O3. The molecule has 1 aliphatic carbocycles. The molecule has 102 valence electrons. The standard InChI is InChI=1S/C14H13N3O3/c18-13-9-2-1-3-10(9)16-14(17-13)15-8-4-5-11-12(6-8)20-7-19-11/h4-6H,1-3,7H2,(H2,15,16,17,18). The van der Waals surface area contributed by atoms with Crippen LogP contribution in [0, 0.1) is 0 Å². The highest BCUT2D eigenvalue weighted by molar-refractivity contribution is 5.60. The van der Waals surface area contributed by atoms with Gasteiger partial charge in [-0.1, -0.05) is 0 Å². The van der Waals surface area contributed by atoms with Gasteiger partial charge < -0.3 is 14.8 Å². The second-order valence-corrected chi connectivity index (χ2v) is 4.89. The molecule has 20 heavy (non-hydrogen) atoms. The fourth-order valence-corrected chi connectivity index (χ4v) is 2.61. The summed E-state index contributed by atoms with van der Waals surface area (Å²) in [6.07, 6.45) is 2.69. The van der Waals surface area contributed by atoms with Crippen molar-refractivity contribution in [3.63, 3.8) is 0 Å². The van der Waals surface area contributed by atoms with E-state index in [9.17, 15) is 4.79 Å². The largest absolute Gasteiger partial charge is 0.454 e. The van der Waals surface area contributed by atoms with Gasteiger partial charge in [0.25, 0.3) is 5.56 Å². The minimum atomic E-state index is -0.0456. The summed E-state index contributed by atoms with van der Waals surface area (Å²) in [4.78, 5) is 19.2. The molecule has 0 amide bonds. The summed E-state index contributed by atoms with van der Waals surface area (Å²) < 4.78 is 10.6. The highest BCUT2D eigenvalue weighted by Gasteiger charge is 2.18. The van der Waals surface area contributed by atoms with Crippen molar-refractivity contribution in [3.8, 4) is 11.5 Å². The van der Waals surface area contributed by atoms with Crippen molar-refractivity contribution in [3.05, 3.63) is 39.8 Å². The van der Waals surface area contributed by atoms with E-state index in [1.165, 1.54) is 0 Å². The molecule has 0 radical (unpaired) electrons. The Kier molecular flexibility index (Phi) is 2.42. The fraction of sp³-hybridized carbons (Fsp3) is 0.286. The number of H-pyrrole nitrogens is 1. The topological polar surface area (TPSA) is 76.2 Å². The number of benzene rings is 1. The molecule has 1 aromatic carbocycles. The molecule has 0 saturated carbocycles. The lowest BCUT2D eigenvalue weighted by Gasteiger charge is -2.07. The van der Waals surface area contributed by atoms with Crippen molar-refractivity contribution >= 4 is 11.6 Å². The smallest absolute Gasteiger partial charge is 0.255 e. The molecule has 0 saturated heterocycles. The monoisotopic (exact) mass is 271 g/mol. The molecule has 1 aliphatic heterocycles. The van der Waals surface area contributed by atoms with Crippen LogP contribution in [0.1, 0.15) is 17.7 Å². The van der Waals surface area contributed by atoms with Crippen molar-refractivity contribution in [2.24, 2.45) is 0 Å². The average Bonchev–Trinajstić information content (AvgIpc) is 3.06. The summed E-state index contributed by atoms with van der Waals surface area (Å²) in [5.41, 5.74) is 2.48. The van der Waals surface area contributed by atoms with E-state index in [1.807, 2.05) is 18.2 Å². The van der Waals surface area contributed by atoms with Gasteiger partial charge in [-0.15, -0.1) is 0 Å². The SMILES string of the molecule is O=c1[nH]c(Nc2ccc3c(c2)OCO3)nc2c1CCC2. The van der Waals surface area contributed by atoms with Gasteiger partial charge in [0.15, 0.2) is 11.5 Å². The van der Waals surface area contributed by atoms with Gasteiger partial charge in [0.1, 0.15) is 0 Å².